The van der Waals surface area contributed by atoms with Crippen LogP contribution in [0.3, 0.4) is 0 Å². The van der Waals surface area contributed by atoms with Crippen molar-refractivity contribution in [2.45, 2.75) is 20.8 Å². The van der Waals surface area contributed by atoms with Crippen LogP contribution in [-0.4, -0.2) is 41.1 Å². The summed E-state index contributed by atoms with van der Waals surface area (Å²) in [5, 5.41) is 15.7. The Labute approximate surface area is 192 Å². The first-order chi connectivity index (χ1) is 15.4. The number of rotatable bonds is 5. The Morgan fingerprint density at radius 2 is 1.66 bits per heavy atom. The lowest BCUT2D eigenvalue weighted by Crippen LogP contribution is -2.47. The molecule has 0 spiro atoms. The topological polar surface area (TPSA) is 87.4 Å². The molecular formula is C23H25ClN6O2. The summed E-state index contributed by atoms with van der Waals surface area (Å²) in [4.78, 5) is 24.3. The van der Waals surface area contributed by atoms with Crippen LogP contribution in [0.1, 0.15) is 16.7 Å². The lowest BCUT2D eigenvalue weighted by atomic mass is 10.1. The quantitative estimate of drug-likeness (QED) is 0.428. The van der Waals surface area contributed by atoms with Gasteiger partial charge in [-0.25, -0.2) is 9.97 Å². The maximum atomic E-state index is 12.0. The highest BCUT2D eigenvalue weighted by atomic mass is 35.5. The van der Waals surface area contributed by atoms with Gasteiger partial charge in [-0.1, -0.05) is 29.8 Å². The van der Waals surface area contributed by atoms with Crippen molar-refractivity contribution in [3.8, 4) is 0 Å². The van der Waals surface area contributed by atoms with Crippen LogP contribution in [0.4, 0.5) is 28.7 Å². The third kappa shape index (κ3) is 4.18. The van der Waals surface area contributed by atoms with Crippen molar-refractivity contribution >= 4 is 40.3 Å². The Hall–Kier alpha value is -3.39. The Kier molecular flexibility index (Phi) is 6.14. The lowest BCUT2D eigenvalue weighted by molar-refractivity contribution is -0.383. The maximum Gasteiger partial charge on any atom is 0.353 e. The summed E-state index contributed by atoms with van der Waals surface area (Å²) in [5.74, 6) is 0.482. The van der Waals surface area contributed by atoms with Crippen molar-refractivity contribution in [1.82, 2.24) is 9.97 Å². The first-order valence-corrected chi connectivity index (χ1v) is 10.8. The molecule has 32 heavy (non-hydrogen) atoms. The van der Waals surface area contributed by atoms with Crippen LogP contribution in [0, 0.1) is 30.9 Å². The van der Waals surface area contributed by atoms with Crippen molar-refractivity contribution in [1.29, 1.82) is 0 Å². The molecule has 1 aliphatic heterocycles. The monoisotopic (exact) mass is 452 g/mol. The Balaban J connectivity index is 1.59. The molecule has 0 saturated carbocycles. The zero-order valence-corrected chi connectivity index (χ0v) is 19.1. The summed E-state index contributed by atoms with van der Waals surface area (Å²) in [6, 6.07) is 11.7. The fourth-order valence-corrected chi connectivity index (χ4v) is 4.14. The number of nitrogens with zero attached hydrogens (tertiary/aromatic N) is 5. The molecule has 1 aliphatic rings. The van der Waals surface area contributed by atoms with Crippen LogP contribution in [0.5, 0.6) is 0 Å². The molecule has 1 N–H and O–H groups in total. The van der Waals surface area contributed by atoms with E-state index in [1.807, 2.05) is 17.9 Å². The summed E-state index contributed by atoms with van der Waals surface area (Å²) < 4.78 is 0. The third-order valence-electron chi connectivity index (χ3n) is 6.00. The van der Waals surface area contributed by atoms with E-state index in [4.69, 9.17) is 11.6 Å². The van der Waals surface area contributed by atoms with E-state index in [9.17, 15) is 10.1 Å². The SMILES string of the molecule is Cc1cccc(N2CCN(c3ncnc(Nc4cccc(Cl)c4C)c3[N+](=O)[O-])CC2)c1C. The highest BCUT2D eigenvalue weighted by Crippen LogP contribution is 2.36. The lowest BCUT2D eigenvalue weighted by Gasteiger charge is -2.37. The van der Waals surface area contributed by atoms with Crippen LogP contribution < -0.4 is 15.1 Å². The summed E-state index contributed by atoms with van der Waals surface area (Å²) in [7, 11) is 0. The molecule has 2 aromatic carbocycles. The van der Waals surface area contributed by atoms with E-state index in [2.05, 4.69) is 52.2 Å². The molecule has 9 heteroatoms. The number of aryl methyl sites for hydroxylation is 1. The molecule has 3 aromatic rings. The van der Waals surface area contributed by atoms with Crippen molar-refractivity contribution < 1.29 is 4.92 Å². The minimum Gasteiger partial charge on any atom is -0.368 e. The zero-order valence-electron chi connectivity index (χ0n) is 18.3. The van der Waals surface area contributed by atoms with Gasteiger partial charge in [0.25, 0.3) is 0 Å². The largest absolute Gasteiger partial charge is 0.368 e. The molecule has 1 aromatic heterocycles. The second kappa shape index (κ2) is 9.00. The summed E-state index contributed by atoms with van der Waals surface area (Å²) >= 11 is 6.20. The molecule has 2 heterocycles. The van der Waals surface area contributed by atoms with E-state index in [1.54, 1.807) is 12.1 Å². The van der Waals surface area contributed by atoms with Gasteiger partial charge < -0.3 is 15.1 Å². The molecule has 0 aliphatic carbocycles. The second-order valence-corrected chi connectivity index (χ2v) is 8.29. The van der Waals surface area contributed by atoms with E-state index in [0.717, 1.165) is 18.7 Å². The zero-order chi connectivity index (χ0) is 22.8. The van der Waals surface area contributed by atoms with Gasteiger partial charge in [0, 0.05) is 42.6 Å². The van der Waals surface area contributed by atoms with E-state index >= 15 is 0 Å². The summed E-state index contributed by atoms with van der Waals surface area (Å²) in [6.45, 7) is 8.84. The van der Waals surface area contributed by atoms with Gasteiger partial charge in [0.15, 0.2) is 0 Å². The van der Waals surface area contributed by atoms with Gasteiger partial charge >= 0.3 is 5.69 Å². The molecule has 166 valence electrons. The number of anilines is 4. The fraction of sp³-hybridized carbons (Fsp3) is 0.304. The average Bonchev–Trinajstić information content (AvgIpc) is 2.78. The highest BCUT2D eigenvalue weighted by molar-refractivity contribution is 6.31. The minimum atomic E-state index is -0.422. The van der Waals surface area contributed by atoms with E-state index in [0.29, 0.717) is 29.6 Å². The van der Waals surface area contributed by atoms with Gasteiger partial charge in [0.2, 0.25) is 11.6 Å². The average molecular weight is 453 g/mol. The van der Waals surface area contributed by atoms with Gasteiger partial charge in [-0.3, -0.25) is 10.1 Å². The normalized spacial score (nSPS) is 13.9. The van der Waals surface area contributed by atoms with Crippen molar-refractivity contribution in [2.75, 3.05) is 41.3 Å². The number of piperazine rings is 1. The Morgan fingerprint density at radius 3 is 2.38 bits per heavy atom. The fourth-order valence-electron chi connectivity index (χ4n) is 3.97. The predicted molar refractivity (Wildman–Crippen MR) is 129 cm³/mol. The van der Waals surface area contributed by atoms with Crippen LogP contribution >= 0.6 is 11.6 Å². The van der Waals surface area contributed by atoms with Crippen molar-refractivity contribution in [3.63, 3.8) is 0 Å². The molecule has 1 saturated heterocycles. The molecule has 0 amide bonds. The number of benzene rings is 2. The highest BCUT2D eigenvalue weighted by Gasteiger charge is 2.30. The van der Waals surface area contributed by atoms with Crippen LogP contribution in [-0.2, 0) is 0 Å². The van der Waals surface area contributed by atoms with E-state index < -0.39 is 4.92 Å². The predicted octanol–water partition coefficient (Wildman–Crippen LogP) is 5.03. The number of nitro groups is 1. The third-order valence-corrected chi connectivity index (χ3v) is 6.41. The van der Waals surface area contributed by atoms with Gasteiger partial charge in [-0.15, -0.1) is 0 Å². The molecule has 0 unspecified atom stereocenters. The standard InChI is InChI=1S/C23H25ClN6O2/c1-15-6-4-9-20(16(15)2)28-10-12-29(13-11-28)23-21(30(31)32)22(25-14-26-23)27-19-8-5-7-18(24)17(19)3/h4-9,14H,10-13H2,1-3H3,(H,25,26,27). The number of hydrogen-bond acceptors (Lipinski definition) is 7. The van der Waals surface area contributed by atoms with Crippen LogP contribution in [0.25, 0.3) is 0 Å². The summed E-state index contributed by atoms with van der Waals surface area (Å²) in [6.07, 6.45) is 1.36. The van der Waals surface area contributed by atoms with Crippen LogP contribution in [0.2, 0.25) is 5.02 Å². The van der Waals surface area contributed by atoms with Gasteiger partial charge in [-0.2, -0.15) is 0 Å². The minimum absolute atomic E-state index is 0.132. The maximum absolute atomic E-state index is 12.0. The van der Waals surface area contributed by atoms with Gasteiger partial charge in [0.05, 0.1) is 4.92 Å². The smallest absolute Gasteiger partial charge is 0.353 e. The molecule has 0 atom stereocenters. The van der Waals surface area contributed by atoms with Gasteiger partial charge in [-0.05, 0) is 55.7 Å². The Bertz CT molecular complexity index is 1160. The molecular weight excluding hydrogens is 428 g/mol. The first kappa shape index (κ1) is 21.8. The molecule has 0 bridgehead atoms. The van der Waals surface area contributed by atoms with E-state index in [-0.39, 0.29) is 11.5 Å². The second-order valence-electron chi connectivity index (χ2n) is 7.88. The molecule has 0 radical (unpaired) electrons. The van der Waals surface area contributed by atoms with Gasteiger partial charge in [0.1, 0.15) is 6.33 Å². The molecule has 4 rings (SSSR count). The number of nitrogens with one attached hydrogen (secondary N) is 1. The number of aromatic nitrogens is 2. The Morgan fingerprint density at radius 1 is 0.969 bits per heavy atom. The van der Waals surface area contributed by atoms with Crippen molar-refractivity contribution in [3.05, 3.63) is 74.6 Å². The summed E-state index contributed by atoms with van der Waals surface area (Å²) in [5.41, 5.74) is 5.06. The van der Waals surface area contributed by atoms with E-state index in [1.165, 1.54) is 23.1 Å². The molecule has 8 nitrogen and oxygen atoms in total. The number of hydrogen-bond donors (Lipinski definition) is 1. The van der Waals surface area contributed by atoms with Crippen molar-refractivity contribution in [2.24, 2.45) is 0 Å². The molecule has 1 fully saturated rings. The number of halogens is 1. The first-order valence-electron chi connectivity index (χ1n) is 10.4. The van der Waals surface area contributed by atoms with Crippen LogP contribution in [0.15, 0.2) is 42.7 Å².